The molecule has 30 heavy (non-hydrogen) atoms. The van der Waals surface area contributed by atoms with Gasteiger partial charge in [-0.1, -0.05) is 78.9 Å². The summed E-state index contributed by atoms with van der Waals surface area (Å²) in [5, 5.41) is 0. The number of benzene rings is 3. The third kappa shape index (κ3) is 3.21. The molecule has 3 aromatic carbocycles. The Morgan fingerprint density at radius 2 is 1.27 bits per heavy atom. The van der Waals surface area contributed by atoms with Gasteiger partial charge in [0.25, 0.3) is 0 Å². The molecule has 0 unspecified atom stereocenters. The van der Waals surface area contributed by atoms with Crippen LogP contribution in [-0.4, -0.2) is 0 Å². The number of aryl methyl sites for hydroxylation is 1. The van der Waals surface area contributed by atoms with E-state index in [0.29, 0.717) is 0 Å². The van der Waals surface area contributed by atoms with E-state index < -0.39 is 0 Å². The average molecular weight is 391 g/mol. The van der Waals surface area contributed by atoms with E-state index in [2.05, 4.69) is 97.3 Å². The molecule has 0 amide bonds. The number of hydrogen-bond acceptors (Lipinski definition) is 1. The third-order valence-corrected chi connectivity index (χ3v) is 5.74. The van der Waals surface area contributed by atoms with Crippen LogP contribution in [0.4, 0.5) is 0 Å². The molecule has 2 aliphatic heterocycles. The first kappa shape index (κ1) is 18.4. The first-order chi connectivity index (χ1) is 14.7. The predicted octanol–water partition coefficient (Wildman–Crippen LogP) is 6.67. The van der Waals surface area contributed by atoms with Crippen molar-refractivity contribution in [2.45, 2.75) is 20.4 Å². The van der Waals surface area contributed by atoms with Gasteiger partial charge in [-0.15, -0.1) is 0 Å². The molecule has 2 nitrogen and oxygen atoms in total. The smallest absolute Gasteiger partial charge is 0.221 e. The SMILES string of the molecule is Cc1oc(-c2ccccc2)cc2c(-c3ccccc3)[n+](Cc3ccccc3)c(C)c1-2. The number of nitrogens with zero attached hydrogens (tertiary/aromatic N) is 1. The molecule has 2 heteroatoms. The van der Waals surface area contributed by atoms with Crippen molar-refractivity contribution in [3.63, 3.8) is 0 Å². The number of hydrogen-bond donors (Lipinski definition) is 0. The van der Waals surface area contributed by atoms with Gasteiger partial charge in [0.05, 0.1) is 11.1 Å². The van der Waals surface area contributed by atoms with Crippen LogP contribution in [-0.2, 0) is 6.54 Å². The maximum absolute atomic E-state index is 6.30. The molecule has 0 radical (unpaired) electrons. The Morgan fingerprint density at radius 3 is 1.90 bits per heavy atom. The molecule has 2 heterocycles. The second-order valence-corrected chi connectivity index (χ2v) is 7.69. The van der Waals surface area contributed by atoms with E-state index in [1.54, 1.807) is 0 Å². The Balaban J connectivity index is 1.79. The molecule has 3 aromatic rings. The second kappa shape index (κ2) is 7.64. The summed E-state index contributed by atoms with van der Waals surface area (Å²) in [6, 6.07) is 33.8. The fourth-order valence-electron chi connectivity index (χ4n) is 4.34. The Morgan fingerprint density at radius 1 is 0.700 bits per heavy atom. The van der Waals surface area contributed by atoms with Crippen molar-refractivity contribution in [2.75, 3.05) is 0 Å². The normalized spacial score (nSPS) is 11.1. The Kier molecular flexibility index (Phi) is 4.68. The topological polar surface area (TPSA) is 17.0 Å². The molecule has 0 aliphatic carbocycles. The van der Waals surface area contributed by atoms with Crippen LogP contribution < -0.4 is 4.57 Å². The van der Waals surface area contributed by atoms with Crippen molar-refractivity contribution in [1.29, 1.82) is 0 Å². The van der Waals surface area contributed by atoms with Gasteiger partial charge >= 0.3 is 0 Å². The van der Waals surface area contributed by atoms with Gasteiger partial charge < -0.3 is 4.42 Å². The highest BCUT2D eigenvalue weighted by molar-refractivity contribution is 5.85. The van der Waals surface area contributed by atoms with Crippen molar-refractivity contribution in [1.82, 2.24) is 0 Å². The minimum absolute atomic E-state index is 0.825. The van der Waals surface area contributed by atoms with E-state index in [-0.39, 0.29) is 0 Å². The fourth-order valence-corrected chi connectivity index (χ4v) is 4.34. The quantitative estimate of drug-likeness (QED) is 0.313. The zero-order valence-electron chi connectivity index (χ0n) is 17.3. The zero-order chi connectivity index (χ0) is 20.5. The summed E-state index contributed by atoms with van der Waals surface area (Å²) in [6.45, 7) is 5.09. The van der Waals surface area contributed by atoms with Crippen LogP contribution in [0.25, 0.3) is 33.7 Å². The van der Waals surface area contributed by atoms with E-state index in [1.165, 1.54) is 33.6 Å². The van der Waals surface area contributed by atoms with Crippen LogP contribution in [0.5, 0.6) is 0 Å². The van der Waals surface area contributed by atoms with Gasteiger partial charge in [-0.2, -0.15) is 4.57 Å². The second-order valence-electron chi connectivity index (χ2n) is 7.69. The van der Waals surface area contributed by atoms with Crippen molar-refractivity contribution >= 4 is 0 Å². The summed E-state index contributed by atoms with van der Waals surface area (Å²) in [5.74, 6) is 1.85. The molecule has 0 saturated heterocycles. The van der Waals surface area contributed by atoms with Crippen molar-refractivity contribution in [3.8, 4) is 33.7 Å². The maximum Gasteiger partial charge on any atom is 0.221 e. The van der Waals surface area contributed by atoms with Gasteiger partial charge in [-0.3, -0.25) is 0 Å². The van der Waals surface area contributed by atoms with Crippen LogP contribution >= 0.6 is 0 Å². The first-order valence-electron chi connectivity index (χ1n) is 10.3. The third-order valence-electron chi connectivity index (χ3n) is 5.74. The molecule has 0 bridgehead atoms. The van der Waals surface area contributed by atoms with E-state index in [9.17, 15) is 0 Å². The molecule has 0 spiro atoms. The molecule has 0 atom stereocenters. The van der Waals surface area contributed by atoms with Gasteiger partial charge in [-0.05, 0) is 25.1 Å². The van der Waals surface area contributed by atoms with Gasteiger partial charge in [0, 0.05) is 23.6 Å². The molecular formula is C28H24NO+. The Bertz CT molecular complexity index is 1250. The van der Waals surface area contributed by atoms with Gasteiger partial charge in [-0.25, -0.2) is 0 Å². The highest BCUT2D eigenvalue weighted by Gasteiger charge is 2.33. The number of aromatic nitrogens is 1. The minimum atomic E-state index is 0.825. The standard InChI is InChI=1S/C28H24NO/c1-20-27-21(2)30-26(23-14-8-4-9-15-23)18-25(27)28(24-16-10-5-11-17-24)29(20)19-22-12-6-3-7-13-22/h3-18H,19H2,1-2H3/q+1. The van der Waals surface area contributed by atoms with Crippen LogP contribution in [0.1, 0.15) is 17.0 Å². The minimum Gasteiger partial charge on any atom is -0.460 e. The van der Waals surface area contributed by atoms with Crippen LogP contribution in [0.15, 0.2) is 101 Å². The van der Waals surface area contributed by atoms with Crippen LogP contribution in [0.2, 0.25) is 0 Å². The van der Waals surface area contributed by atoms with E-state index in [4.69, 9.17) is 4.42 Å². The van der Waals surface area contributed by atoms with E-state index in [0.717, 1.165) is 23.6 Å². The molecule has 5 rings (SSSR count). The number of rotatable bonds is 4. The van der Waals surface area contributed by atoms with Crippen LogP contribution in [0, 0.1) is 13.8 Å². The van der Waals surface area contributed by atoms with Gasteiger partial charge in [0.2, 0.25) is 5.69 Å². The van der Waals surface area contributed by atoms with Crippen LogP contribution in [0.3, 0.4) is 0 Å². The predicted molar refractivity (Wildman–Crippen MR) is 121 cm³/mol. The maximum atomic E-state index is 6.30. The zero-order valence-corrected chi connectivity index (χ0v) is 17.3. The van der Waals surface area contributed by atoms with E-state index >= 15 is 0 Å². The lowest BCUT2D eigenvalue weighted by Crippen LogP contribution is -2.37. The monoisotopic (exact) mass is 390 g/mol. The van der Waals surface area contributed by atoms with Crippen molar-refractivity contribution in [2.24, 2.45) is 0 Å². The lowest BCUT2D eigenvalue weighted by atomic mass is 9.99. The molecule has 146 valence electrons. The van der Waals surface area contributed by atoms with Gasteiger partial charge in [0.1, 0.15) is 11.5 Å². The highest BCUT2D eigenvalue weighted by Crippen LogP contribution is 2.40. The largest absolute Gasteiger partial charge is 0.460 e. The highest BCUT2D eigenvalue weighted by atomic mass is 16.3. The summed E-state index contributed by atoms with van der Waals surface area (Å²) >= 11 is 0. The summed E-state index contributed by atoms with van der Waals surface area (Å²) in [4.78, 5) is 0. The molecule has 2 aliphatic rings. The molecule has 0 fully saturated rings. The Hall–Kier alpha value is -3.65. The summed E-state index contributed by atoms with van der Waals surface area (Å²) in [7, 11) is 0. The lowest BCUT2D eigenvalue weighted by molar-refractivity contribution is -0.679. The molecule has 0 N–H and O–H groups in total. The molecule has 0 saturated carbocycles. The van der Waals surface area contributed by atoms with Crippen molar-refractivity contribution < 1.29 is 8.98 Å². The average Bonchev–Trinajstić information content (AvgIpc) is 3.07. The summed E-state index contributed by atoms with van der Waals surface area (Å²) in [5.41, 5.74) is 8.50. The number of fused-ring (bicyclic) bond motifs is 1. The summed E-state index contributed by atoms with van der Waals surface area (Å²) < 4.78 is 8.72. The Labute approximate surface area is 177 Å². The van der Waals surface area contributed by atoms with Crippen molar-refractivity contribution in [3.05, 3.63) is 114 Å². The molecule has 0 aromatic heterocycles. The van der Waals surface area contributed by atoms with Gasteiger partial charge in [0.15, 0.2) is 12.2 Å². The fraction of sp³-hybridized carbons (Fsp3) is 0.107. The molecular weight excluding hydrogens is 366 g/mol. The van der Waals surface area contributed by atoms with E-state index in [1.807, 2.05) is 18.2 Å². The lowest BCUT2D eigenvalue weighted by Gasteiger charge is -2.07. The summed E-state index contributed by atoms with van der Waals surface area (Å²) in [6.07, 6.45) is 0. The first-order valence-corrected chi connectivity index (χ1v) is 10.3.